The van der Waals surface area contributed by atoms with Crippen molar-refractivity contribution in [1.82, 2.24) is 5.32 Å². The maximum Gasteiger partial charge on any atom is 0.408 e. The maximum atomic E-state index is 12.6. The van der Waals surface area contributed by atoms with E-state index in [2.05, 4.69) is 15.0 Å². The quantitative estimate of drug-likeness (QED) is 0.184. The number of nitrogens with one attached hydrogen (secondary N) is 1. The first-order valence-corrected chi connectivity index (χ1v) is 10.2. The van der Waals surface area contributed by atoms with Crippen LogP contribution >= 0.6 is 0 Å². The van der Waals surface area contributed by atoms with Crippen LogP contribution in [0.5, 0.6) is 0 Å². The van der Waals surface area contributed by atoms with E-state index < -0.39 is 46.6 Å². The highest BCUT2D eigenvalue weighted by atomic mass is 17.0. The molecular weight excluding hydrogens is 442 g/mol. The molecule has 0 heterocycles. The Morgan fingerprint density at radius 2 is 1.73 bits per heavy atom. The average Bonchev–Trinajstić information content (AvgIpc) is 2.69. The van der Waals surface area contributed by atoms with Gasteiger partial charge in [-0.15, -0.1) is 20.2 Å². The standard InChI is InChI=1S/C20H29N3O10/c1-20(2,3)32-19(25)21-17(13-15-9-5-4-6-10-15)18(24)30-12-8-7-11-16(33-23(28)29)14-31-22(26)27/h4-6,9-10,16-17H,7-8,11-14H2,1-3H3,(H,21,25). The lowest BCUT2D eigenvalue weighted by atomic mass is 10.1. The van der Waals surface area contributed by atoms with Gasteiger partial charge in [-0.1, -0.05) is 30.3 Å². The molecule has 0 saturated heterocycles. The molecule has 1 aromatic carbocycles. The summed E-state index contributed by atoms with van der Waals surface area (Å²) < 4.78 is 10.5. The van der Waals surface area contributed by atoms with E-state index in [4.69, 9.17) is 9.47 Å². The van der Waals surface area contributed by atoms with Crippen molar-refractivity contribution in [2.75, 3.05) is 13.2 Å². The summed E-state index contributed by atoms with van der Waals surface area (Å²) in [6.07, 6.45) is -0.986. The van der Waals surface area contributed by atoms with Gasteiger partial charge in [0, 0.05) is 6.42 Å². The van der Waals surface area contributed by atoms with Crippen LogP contribution in [0.4, 0.5) is 4.79 Å². The molecule has 13 heteroatoms. The van der Waals surface area contributed by atoms with E-state index in [0.29, 0.717) is 12.8 Å². The average molecular weight is 471 g/mol. The second-order valence-corrected chi connectivity index (χ2v) is 8.02. The predicted molar refractivity (Wildman–Crippen MR) is 113 cm³/mol. The number of unbranched alkanes of at least 4 members (excludes halogenated alkanes) is 1. The van der Waals surface area contributed by atoms with Crippen LogP contribution in [-0.4, -0.2) is 53.2 Å². The van der Waals surface area contributed by atoms with Gasteiger partial charge in [0.25, 0.3) is 10.2 Å². The molecule has 0 fully saturated rings. The van der Waals surface area contributed by atoms with Crippen molar-refractivity contribution in [3.05, 3.63) is 56.1 Å². The van der Waals surface area contributed by atoms with E-state index in [9.17, 15) is 29.8 Å². The van der Waals surface area contributed by atoms with Gasteiger partial charge in [0.1, 0.15) is 24.4 Å². The van der Waals surface area contributed by atoms with E-state index in [-0.39, 0.29) is 19.4 Å². The van der Waals surface area contributed by atoms with Crippen LogP contribution in [0, 0.1) is 20.2 Å². The van der Waals surface area contributed by atoms with Gasteiger partial charge in [-0.3, -0.25) is 0 Å². The second kappa shape index (κ2) is 13.7. The van der Waals surface area contributed by atoms with Crippen molar-refractivity contribution in [1.29, 1.82) is 0 Å². The first kappa shape index (κ1) is 27.4. The van der Waals surface area contributed by atoms with Crippen molar-refractivity contribution in [3.8, 4) is 0 Å². The van der Waals surface area contributed by atoms with Crippen LogP contribution in [0.2, 0.25) is 0 Å². The number of hydrogen-bond acceptors (Lipinski definition) is 10. The third-order valence-corrected chi connectivity index (χ3v) is 4.02. The lowest BCUT2D eigenvalue weighted by Gasteiger charge is -2.23. The molecule has 0 aliphatic rings. The molecule has 184 valence electrons. The van der Waals surface area contributed by atoms with E-state index in [1.54, 1.807) is 45.0 Å². The lowest BCUT2D eigenvalue weighted by Crippen LogP contribution is -2.45. The zero-order valence-corrected chi connectivity index (χ0v) is 18.8. The molecule has 33 heavy (non-hydrogen) atoms. The topological polar surface area (TPSA) is 169 Å². The van der Waals surface area contributed by atoms with Gasteiger partial charge < -0.3 is 24.5 Å². The number of nitrogens with zero attached hydrogens (tertiary/aromatic N) is 2. The van der Waals surface area contributed by atoms with Crippen LogP contribution in [0.1, 0.15) is 45.6 Å². The first-order valence-electron chi connectivity index (χ1n) is 10.2. The Hall–Kier alpha value is -3.64. The van der Waals surface area contributed by atoms with Crippen molar-refractivity contribution in [2.24, 2.45) is 0 Å². The molecule has 13 nitrogen and oxygen atoms in total. The van der Waals surface area contributed by atoms with Crippen LogP contribution in [0.25, 0.3) is 0 Å². The Kier molecular flexibility index (Phi) is 11.4. The number of carbonyl (C=O) groups excluding carboxylic acids is 2. The summed E-state index contributed by atoms with van der Waals surface area (Å²) in [5, 5.41) is 21.1. The number of alkyl carbamates (subject to hydrolysis) is 1. The largest absolute Gasteiger partial charge is 0.464 e. The van der Waals surface area contributed by atoms with Gasteiger partial charge in [0.15, 0.2) is 0 Å². The van der Waals surface area contributed by atoms with Crippen LogP contribution < -0.4 is 5.32 Å². The molecule has 2 unspecified atom stereocenters. The number of carbonyl (C=O) groups is 2. The summed E-state index contributed by atoms with van der Waals surface area (Å²) in [6, 6.07) is 8.06. The minimum absolute atomic E-state index is 0.0264. The highest BCUT2D eigenvalue weighted by molar-refractivity contribution is 5.81. The molecular formula is C20H29N3O10. The molecule has 0 aliphatic heterocycles. The first-order chi connectivity index (χ1) is 15.5. The van der Waals surface area contributed by atoms with Crippen molar-refractivity contribution in [3.63, 3.8) is 0 Å². The molecule has 0 radical (unpaired) electrons. The third-order valence-electron chi connectivity index (χ3n) is 4.02. The minimum Gasteiger partial charge on any atom is -0.464 e. The van der Waals surface area contributed by atoms with E-state index in [1.807, 2.05) is 6.07 Å². The van der Waals surface area contributed by atoms with E-state index in [1.165, 1.54) is 0 Å². The predicted octanol–water partition coefficient (Wildman–Crippen LogP) is 2.62. The Balaban J connectivity index is 2.57. The second-order valence-electron chi connectivity index (χ2n) is 8.02. The minimum atomic E-state index is -1.12. The van der Waals surface area contributed by atoms with Crippen molar-refractivity contribution in [2.45, 2.75) is 64.2 Å². The fourth-order valence-electron chi connectivity index (χ4n) is 2.67. The summed E-state index contributed by atoms with van der Waals surface area (Å²) in [5.74, 6) is -0.667. The molecule has 0 aliphatic carbocycles. The number of hydrogen-bond donors (Lipinski definition) is 1. The maximum absolute atomic E-state index is 12.6. The van der Waals surface area contributed by atoms with E-state index in [0.717, 1.165) is 5.56 Å². The molecule has 0 bridgehead atoms. The number of ether oxygens (including phenoxy) is 2. The fraction of sp³-hybridized carbons (Fsp3) is 0.600. The Morgan fingerprint density at radius 3 is 2.30 bits per heavy atom. The van der Waals surface area contributed by atoms with Crippen molar-refractivity contribution >= 4 is 12.1 Å². The molecule has 0 aromatic heterocycles. The molecule has 1 rings (SSSR count). The Labute approximate surface area is 190 Å². The number of esters is 1. The molecule has 1 N–H and O–H groups in total. The smallest absolute Gasteiger partial charge is 0.408 e. The Bertz CT molecular complexity index is 782. The summed E-state index contributed by atoms with van der Waals surface area (Å²) in [7, 11) is 0. The zero-order chi connectivity index (χ0) is 24.9. The zero-order valence-electron chi connectivity index (χ0n) is 18.8. The van der Waals surface area contributed by atoms with Gasteiger partial charge in [0.05, 0.1) is 6.61 Å². The van der Waals surface area contributed by atoms with Gasteiger partial charge in [-0.2, -0.15) is 0 Å². The van der Waals surface area contributed by atoms with Crippen LogP contribution in [-0.2, 0) is 30.4 Å². The molecule has 0 saturated carbocycles. The number of benzene rings is 1. The van der Waals surface area contributed by atoms with Gasteiger partial charge in [-0.05, 0) is 45.6 Å². The summed E-state index contributed by atoms with van der Waals surface area (Å²) >= 11 is 0. The van der Waals surface area contributed by atoms with Crippen molar-refractivity contribution < 1.29 is 38.9 Å². The molecule has 1 amide bonds. The number of amides is 1. The summed E-state index contributed by atoms with van der Waals surface area (Å²) in [6.45, 7) is 4.48. The van der Waals surface area contributed by atoms with E-state index >= 15 is 0 Å². The highest BCUT2D eigenvalue weighted by Gasteiger charge is 2.26. The lowest BCUT2D eigenvalue weighted by molar-refractivity contribution is -0.790. The SMILES string of the molecule is CC(C)(C)OC(=O)NC(Cc1ccccc1)C(=O)OCCCCC(CO[N+](=O)[O-])O[N+](=O)[O-]. The highest BCUT2D eigenvalue weighted by Crippen LogP contribution is 2.11. The number of rotatable bonds is 14. The molecule has 0 spiro atoms. The van der Waals surface area contributed by atoms with Crippen LogP contribution in [0.3, 0.4) is 0 Å². The third kappa shape index (κ3) is 13.4. The van der Waals surface area contributed by atoms with Gasteiger partial charge in [-0.25, -0.2) is 9.59 Å². The van der Waals surface area contributed by atoms with Gasteiger partial charge in [0.2, 0.25) is 0 Å². The molecule has 2 atom stereocenters. The normalized spacial score (nSPS) is 12.7. The van der Waals surface area contributed by atoms with Crippen LogP contribution in [0.15, 0.2) is 30.3 Å². The monoisotopic (exact) mass is 471 g/mol. The summed E-state index contributed by atoms with van der Waals surface area (Å²) in [5.41, 5.74) is 0.0631. The summed E-state index contributed by atoms with van der Waals surface area (Å²) in [4.78, 5) is 53.9. The fourth-order valence-corrected chi connectivity index (χ4v) is 2.67. The van der Waals surface area contributed by atoms with Gasteiger partial charge >= 0.3 is 12.1 Å². The Morgan fingerprint density at radius 1 is 1.06 bits per heavy atom. The molecule has 1 aromatic rings.